The standard InChI is InChI=1S/C45H81NO5/c1-3-5-7-9-11-13-15-16-17-18-19-20-21-22-23-25-27-32-36-40-45(50)51-42(37-33-29-26-24-14-12-10-8-6-4-2)38-34-30-28-31-35-39-43(47)46-41-44(48)49/h11,13,16-17,19-20,42H,3-10,12,14-15,18,21-41H2,1-2H3,(H,46,47)(H,48,49)/b13-11-,17-16-,20-19-. The maximum atomic E-state index is 12.7. The molecule has 2 N–H and O–H groups in total. The molecule has 0 saturated carbocycles. The van der Waals surface area contributed by atoms with Crippen LogP contribution in [0.25, 0.3) is 0 Å². The molecule has 0 spiro atoms. The van der Waals surface area contributed by atoms with Crippen LogP contribution in [0.1, 0.15) is 219 Å². The summed E-state index contributed by atoms with van der Waals surface area (Å²) in [6.07, 6.45) is 49.8. The summed E-state index contributed by atoms with van der Waals surface area (Å²) in [5.74, 6) is -1.24. The number of carboxylic acid groups (broad SMARTS) is 1. The van der Waals surface area contributed by atoms with Crippen molar-refractivity contribution < 1.29 is 24.2 Å². The number of carbonyl (C=O) groups excluding carboxylic acids is 2. The van der Waals surface area contributed by atoms with Crippen molar-refractivity contribution in [3.8, 4) is 0 Å². The van der Waals surface area contributed by atoms with E-state index in [-0.39, 0.29) is 24.5 Å². The Morgan fingerprint density at radius 2 is 0.902 bits per heavy atom. The molecule has 0 radical (unpaired) electrons. The summed E-state index contributed by atoms with van der Waals surface area (Å²) < 4.78 is 6.02. The van der Waals surface area contributed by atoms with Gasteiger partial charge in [-0.1, -0.05) is 166 Å². The van der Waals surface area contributed by atoms with Crippen LogP contribution < -0.4 is 5.32 Å². The first-order valence-electron chi connectivity index (χ1n) is 21.6. The minimum Gasteiger partial charge on any atom is -0.480 e. The summed E-state index contributed by atoms with van der Waals surface area (Å²) in [5.41, 5.74) is 0. The van der Waals surface area contributed by atoms with Crippen LogP contribution in [-0.2, 0) is 19.1 Å². The SMILES string of the molecule is CCCCC/C=C\C/C=C\C/C=C\CCCCCCCCC(=O)OC(CCCCCCCCCCCC)CCCCCCCC(=O)NCC(=O)O. The third-order valence-electron chi connectivity index (χ3n) is 9.56. The Morgan fingerprint density at radius 3 is 1.41 bits per heavy atom. The van der Waals surface area contributed by atoms with Crippen molar-refractivity contribution >= 4 is 17.8 Å². The predicted octanol–water partition coefficient (Wildman–Crippen LogP) is 13.3. The van der Waals surface area contributed by atoms with Crippen LogP contribution in [0.15, 0.2) is 36.5 Å². The van der Waals surface area contributed by atoms with Gasteiger partial charge in [0, 0.05) is 12.8 Å². The van der Waals surface area contributed by atoms with Crippen molar-refractivity contribution in [2.75, 3.05) is 6.54 Å². The number of rotatable bonds is 39. The van der Waals surface area contributed by atoms with Crippen LogP contribution in [0.2, 0.25) is 0 Å². The van der Waals surface area contributed by atoms with Gasteiger partial charge in [-0.05, 0) is 77.0 Å². The number of nitrogens with one attached hydrogen (secondary N) is 1. The van der Waals surface area contributed by atoms with Gasteiger partial charge < -0.3 is 15.2 Å². The van der Waals surface area contributed by atoms with Gasteiger partial charge in [0.15, 0.2) is 0 Å². The molecule has 0 aliphatic rings. The summed E-state index contributed by atoms with van der Waals surface area (Å²) in [7, 11) is 0. The van der Waals surface area contributed by atoms with E-state index in [4.69, 9.17) is 9.84 Å². The largest absolute Gasteiger partial charge is 0.480 e. The monoisotopic (exact) mass is 716 g/mol. The van der Waals surface area contributed by atoms with Gasteiger partial charge in [0.05, 0.1) is 0 Å². The number of allylic oxidation sites excluding steroid dienone is 6. The van der Waals surface area contributed by atoms with Crippen LogP contribution in [0.4, 0.5) is 0 Å². The molecule has 0 rings (SSSR count). The van der Waals surface area contributed by atoms with Crippen molar-refractivity contribution in [2.24, 2.45) is 0 Å². The quantitative estimate of drug-likeness (QED) is 0.0375. The fraction of sp³-hybridized carbons (Fsp3) is 0.800. The van der Waals surface area contributed by atoms with Crippen LogP contribution >= 0.6 is 0 Å². The summed E-state index contributed by atoms with van der Waals surface area (Å²) >= 11 is 0. The Balaban J connectivity index is 4.12. The molecule has 0 heterocycles. The average Bonchev–Trinajstić information content (AvgIpc) is 3.11. The van der Waals surface area contributed by atoms with Gasteiger partial charge in [-0.2, -0.15) is 0 Å². The first-order chi connectivity index (χ1) is 25.0. The number of esters is 1. The van der Waals surface area contributed by atoms with Crippen LogP contribution in [0.5, 0.6) is 0 Å². The van der Waals surface area contributed by atoms with Crippen LogP contribution in [-0.4, -0.2) is 35.6 Å². The molecule has 0 aliphatic heterocycles. The summed E-state index contributed by atoms with van der Waals surface area (Å²) in [6, 6.07) is 0. The van der Waals surface area contributed by atoms with Crippen molar-refractivity contribution in [2.45, 2.75) is 225 Å². The van der Waals surface area contributed by atoms with E-state index < -0.39 is 5.97 Å². The highest BCUT2D eigenvalue weighted by atomic mass is 16.5. The predicted molar refractivity (Wildman–Crippen MR) is 217 cm³/mol. The fourth-order valence-corrected chi connectivity index (χ4v) is 6.35. The van der Waals surface area contributed by atoms with E-state index >= 15 is 0 Å². The Morgan fingerprint density at radius 1 is 0.510 bits per heavy atom. The van der Waals surface area contributed by atoms with Crippen molar-refractivity contribution in [1.82, 2.24) is 5.32 Å². The Labute approximate surface area is 315 Å². The number of hydrogen-bond acceptors (Lipinski definition) is 4. The van der Waals surface area contributed by atoms with E-state index in [1.807, 2.05) is 0 Å². The minimum atomic E-state index is -1.02. The van der Waals surface area contributed by atoms with Gasteiger partial charge in [-0.15, -0.1) is 0 Å². The lowest BCUT2D eigenvalue weighted by atomic mass is 10.0. The van der Waals surface area contributed by atoms with E-state index in [2.05, 4.69) is 55.6 Å². The molecule has 0 aromatic carbocycles. The number of aliphatic carboxylic acids is 1. The summed E-state index contributed by atoms with van der Waals surface area (Å²) in [4.78, 5) is 35.0. The Hall–Kier alpha value is -2.37. The third-order valence-corrected chi connectivity index (χ3v) is 9.56. The highest BCUT2D eigenvalue weighted by molar-refractivity contribution is 5.80. The zero-order valence-corrected chi connectivity index (χ0v) is 33.5. The number of amides is 1. The van der Waals surface area contributed by atoms with Crippen LogP contribution in [0.3, 0.4) is 0 Å². The molecule has 1 unspecified atom stereocenters. The van der Waals surface area contributed by atoms with Gasteiger partial charge >= 0.3 is 11.9 Å². The maximum absolute atomic E-state index is 12.7. The van der Waals surface area contributed by atoms with E-state index in [0.29, 0.717) is 12.8 Å². The van der Waals surface area contributed by atoms with Crippen LogP contribution in [0, 0.1) is 0 Å². The fourth-order valence-electron chi connectivity index (χ4n) is 6.35. The lowest BCUT2D eigenvalue weighted by Gasteiger charge is -2.18. The zero-order chi connectivity index (χ0) is 37.3. The number of carbonyl (C=O) groups is 3. The highest BCUT2D eigenvalue weighted by Gasteiger charge is 2.14. The number of ether oxygens (including phenoxy) is 1. The van der Waals surface area contributed by atoms with E-state index in [1.54, 1.807) is 0 Å². The molecule has 0 fully saturated rings. The molecule has 1 amide bonds. The lowest BCUT2D eigenvalue weighted by Crippen LogP contribution is -2.28. The van der Waals surface area contributed by atoms with Gasteiger partial charge in [-0.25, -0.2) is 0 Å². The van der Waals surface area contributed by atoms with Gasteiger partial charge in [-0.3, -0.25) is 14.4 Å². The van der Waals surface area contributed by atoms with Crippen molar-refractivity contribution in [1.29, 1.82) is 0 Å². The molecule has 6 nitrogen and oxygen atoms in total. The summed E-state index contributed by atoms with van der Waals surface area (Å²) in [6.45, 7) is 4.20. The summed E-state index contributed by atoms with van der Waals surface area (Å²) in [5, 5.41) is 11.1. The molecule has 1 atom stereocenters. The molecule has 0 aromatic heterocycles. The minimum absolute atomic E-state index is 0.0223. The highest BCUT2D eigenvalue weighted by Crippen LogP contribution is 2.19. The molecular weight excluding hydrogens is 634 g/mol. The topological polar surface area (TPSA) is 92.7 Å². The molecule has 51 heavy (non-hydrogen) atoms. The Bertz CT molecular complexity index is 880. The first kappa shape index (κ1) is 48.6. The smallest absolute Gasteiger partial charge is 0.322 e. The molecule has 0 aromatic rings. The number of hydrogen-bond donors (Lipinski definition) is 2. The van der Waals surface area contributed by atoms with Crippen molar-refractivity contribution in [3.63, 3.8) is 0 Å². The molecule has 0 saturated heterocycles. The molecule has 296 valence electrons. The number of unbranched alkanes of at least 4 members (excludes halogenated alkanes) is 22. The molecule has 0 bridgehead atoms. The van der Waals surface area contributed by atoms with Crippen molar-refractivity contribution in [3.05, 3.63) is 36.5 Å². The first-order valence-corrected chi connectivity index (χ1v) is 21.6. The normalized spacial score (nSPS) is 12.4. The maximum Gasteiger partial charge on any atom is 0.322 e. The molecular formula is C45H81NO5. The second-order valence-corrected chi connectivity index (χ2v) is 14.6. The number of carboxylic acids is 1. The second-order valence-electron chi connectivity index (χ2n) is 14.6. The zero-order valence-electron chi connectivity index (χ0n) is 33.5. The van der Waals surface area contributed by atoms with Gasteiger partial charge in [0.1, 0.15) is 12.6 Å². The van der Waals surface area contributed by atoms with E-state index in [1.165, 1.54) is 109 Å². The second kappa shape index (κ2) is 40.4. The Kier molecular flexibility index (Phi) is 38.5. The van der Waals surface area contributed by atoms with Gasteiger partial charge in [0.2, 0.25) is 5.91 Å². The molecule has 6 heteroatoms. The third kappa shape index (κ3) is 40.3. The van der Waals surface area contributed by atoms with Gasteiger partial charge in [0.25, 0.3) is 0 Å². The van der Waals surface area contributed by atoms with E-state index in [0.717, 1.165) is 83.5 Å². The molecule has 0 aliphatic carbocycles. The van der Waals surface area contributed by atoms with E-state index in [9.17, 15) is 14.4 Å². The average molecular weight is 716 g/mol. The lowest BCUT2D eigenvalue weighted by molar-refractivity contribution is -0.150.